The Bertz CT molecular complexity index is 286. The Labute approximate surface area is 74.1 Å². The van der Waals surface area contributed by atoms with Crippen molar-refractivity contribution in [3.8, 4) is 0 Å². The molecule has 0 aromatic heterocycles. The maximum Gasteiger partial charge on any atom is 0.242 e. The van der Waals surface area contributed by atoms with Crippen LogP contribution in [-0.4, -0.2) is 45.4 Å². The van der Waals surface area contributed by atoms with E-state index in [2.05, 4.69) is 10.3 Å². The number of amides is 1. The van der Waals surface area contributed by atoms with E-state index >= 15 is 0 Å². The summed E-state index contributed by atoms with van der Waals surface area (Å²) in [7, 11) is 0. The first-order valence-electron chi connectivity index (χ1n) is 3.58. The molecular formula is C6H10N4O3. The summed E-state index contributed by atoms with van der Waals surface area (Å²) in [6.07, 6.45) is 0. The molecule has 1 rings (SSSR count). The van der Waals surface area contributed by atoms with Gasteiger partial charge in [0.15, 0.2) is 5.84 Å². The lowest BCUT2D eigenvalue weighted by atomic mass is 10.4. The van der Waals surface area contributed by atoms with Crippen molar-refractivity contribution in [2.75, 3.05) is 6.54 Å². The van der Waals surface area contributed by atoms with Crippen molar-refractivity contribution in [3.63, 3.8) is 0 Å². The lowest BCUT2D eigenvalue weighted by molar-refractivity contribution is -0.117. The standard InChI is InChI=1S/C6H10N4O3/c1-3(8-12)6(9-13)10-2-4(10)5(7)11/h4,12-13H,2H2,1H3,(H2,7,11). The highest BCUT2D eigenvalue weighted by Crippen LogP contribution is 2.17. The topological polar surface area (TPSA) is 111 Å². The molecule has 1 heterocycles. The molecule has 4 N–H and O–H groups in total. The zero-order chi connectivity index (χ0) is 10.0. The molecule has 1 aliphatic rings. The van der Waals surface area contributed by atoms with Crippen LogP contribution in [0.4, 0.5) is 0 Å². The van der Waals surface area contributed by atoms with Gasteiger partial charge in [-0.15, -0.1) is 0 Å². The number of rotatable bonds is 2. The quantitative estimate of drug-likeness (QED) is 0.165. The van der Waals surface area contributed by atoms with Crippen LogP contribution in [0.2, 0.25) is 0 Å². The molecule has 0 bridgehead atoms. The van der Waals surface area contributed by atoms with Gasteiger partial charge in [-0.1, -0.05) is 10.3 Å². The highest BCUT2D eigenvalue weighted by molar-refractivity contribution is 6.41. The van der Waals surface area contributed by atoms with Crippen molar-refractivity contribution in [3.05, 3.63) is 0 Å². The predicted molar refractivity (Wildman–Crippen MR) is 43.8 cm³/mol. The number of nitrogens with zero attached hydrogens (tertiary/aromatic N) is 3. The number of carbonyl (C=O) groups is 1. The Morgan fingerprint density at radius 3 is 2.46 bits per heavy atom. The molecule has 13 heavy (non-hydrogen) atoms. The van der Waals surface area contributed by atoms with Gasteiger partial charge in [0.2, 0.25) is 5.91 Å². The Kier molecular flexibility index (Phi) is 2.36. The fraction of sp³-hybridized carbons (Fsp3) is 0.500. The second-order valence-corrected chi connectivity index (χ2v) is 2.68. The maximum atomic E-state index is 10.6. The number of carbonyl (C=O) groups excluding carboxylic acids is 1. The van der Waals surface area contributed by atoms with Gasteiger partial charge in [-0.25, -0.2) is 0 Å². The Morgan fingerprint density at radius 2 is 2.15 bits per heavy atom. The van der Waals surface area contributed by atoms with Gasteiger partial charge in [0, 0.05) is 6.54 Å². The number of amidine groups is 1. The fourth-order valence-corrected chi connectivity index (χ4v) is 0.999. The fourth-order valence-electron chi connectivity index (χ4n) is 0.999. The van der Waals surface area contributed by atoms with E-state index in [1.807, 2.05) is 0 Å². The number of hydrogen-bond donors (Lipinski definition) is 3. The van der Waals surface area contributed by atoms with Crippen molar-refractivity contribution < 1.29 is 15.2 Å². The van der Waals surface area contributed by atoms with Gasteiger partial charge in [-0.05, 0) is 6.92 Å². The van der Waals surface area contributed by atoms with E-state index in [0.717, 1.165) is 0 Å². The smallest absolute Gasteiger partial charge is 0.242 e. The minimum absolute atomic E-state index is 0.0614. The molecule has 1 unspecified atom stereocenters. The first-order valence-corrected chi connectivity index (χ1v) is 3.58. The molecule has 0 aromatic rings. The van der Waals surface area contributed by atoms with Gasteiger partial charge in [0.25, 0.3) is 0 Å². The van der Waals surface area contributed by atoms with E-state index in [1.165, 1.54) is 11.8 Å². The summed E-state index contributed by atoms with van der Waals surface area (Å²) in [5.74, 6) is -0.432. The lowest BCUT2D eigenvalue weighted by Crippen LogP contribution is -2.28. The zero-order valence-corrected chi connectivity index (χ0v) is 7.01. The number of hydrogen-bond acceptors (Lipinski definition) is 5. The lowest BCUT2D eigenvalue weighted by Gasteiger charge is -2.03. The summed E-state index contributed by atoms with van der Waals surface area (Å²) < 4.78 is 0. The van der Waals surface area contributed by atoms with E-state index in [-0.39, 0.29) is 11.5 Å². The second kappa shape index (κ2) is 3.30. The molecule has 72 valence electrons. The summed E-state index contributed by atoms with van der Waals surface area (Å²) in [6, 6.07) is -0.456. The summed E-state index contributed by atoms with van der Waals surface area (Å²) in [5.41, 5.74) is 5.13. The van der Waals surface area contributed by atoms with E-state index in [4.69, 9.17) is 16.1 Å². The zero-order valence-electron chi connectivity index (χ0n) is 7.01. The summed E-state index contributed by atoms with van der Waals surface area (Å²) >= 11 is 0. The maximum absolute atomic E-state index is 10.6. The van der Waals surface area contributed by atoms with Crippen LogP contribution in [0.25, 0.3) is 0 Å². The van der Waals surface area contributed by atoms with Crippen molar-refractivity contribution >= 4 is 17.5 Å². The van der Waals surface area contributed by atoms with Gasteiger partial charge in [0.1, 0.15) is 11.8 Å². The van der Waals surface area contributed by atoms with Crippen LogP contribution < -0.4 is 5.73 Å². The normalized spacial score (nSPS) is 23.2. The number of primary amides is 1. The van der Waals surface area contributed by atoms with Crippen LogP contribution in [0.15, 0.2) is 10.3 Å². The first kappa shape index (κ1) is 9.30. The third-order valence-electron chi connectivity index (χ3n) is 1.78. The van der Waals surface area contributed by atoms with E-state index in [9.17, 15) is 4.79 Å². The number of oxime groups is 2. The SMILES string of the molecule is CC(=NO)C(=NO)N1CC1C(N)=O. The number of nitrogens with two attached hydrogens (primary N) is 1. The first-order chi connectivity index (χ1) is 6.11. The average Bonchev–Trinajstić information content (AvgIpc) is 2.85. The van der Waals surface area contributed by atoms with Crippen LogP contribution >= 0.6 is 0 Å². The van der Waals surface area contributed by atoms with Crippen molar-refractivity contribution in [1.29, 1.82) is 0 Å². The second-order valence-electron chi connectivity index (χ2n) is 2.68. The Hall–Kier alpha value is -1.79. The minimum Gasteiger partial charge on any atom is -0.411 e. The van der Waals surface area contributed by atoms with Crippen LogP contribution in [0.3, 0.4) is 0 Å². The predicted octanol–water partition coefficient (Wildman–Crippen LogP) is -1.21. The van der Waals surface area contributed by atoms with E-state index < -0.39 is 11.9 Å². The van der Waals surface area contributed by atoms with Crippen molar-refractivity contribution in [2.24, 2.45) is 16.0 Å². The monoisotopic (exact) mass is 186 g/mol. The van der Waals surface area contributed by atoms with E-state index in [0.29, 0.717) is 6.54 Å². The van der Waals surface area contributed by atoms with Crippen LogP contribution in [0.1, 0.15) is 6.92 Å². The molecule has 1 atom stereocenters. The van der Waals surface area contributed by atoms with Gasteiger partial charge in [-0.2, -0.15) is 0 Å². The molecule has 1 aliphatic heterocycles. The third kappa shape index (κ3) is 1.68. The van der Waals surface area contributed by atoms with Crippen LogP contribution in [0.5, 0.6) is 0 Å². The molecule has 1 fully saturated rings. The van der Waals surface area contributed by atoms with Gasteiger partial charge in [-0.3, -0.25) is 4.79 Å². The van der Waals surface area contributed by atoms with Crippen LogP contribution in [-0.2, 0) is 4.79 Å². The molecule has 0 aliphatic carbocycles. The third-order valence-corrected chi connectivity index (χ3v) is 1.78. The van der Waals surface area contributed by atoms with Crippen molar-refractivity contribution in [2.45, 2.75) is 13.0 Å². The molecule has 0 saturated carbocycles. The van der Waals surface area contributed by atoms with Gasteiger partial charge in [0.05, 0.1) is 0 Å². The van der Waals surface area contributed by atoms with Crippen molar-refractivity contribution in [1.82, 2.24) is 4.90 Å². The molecule has 7 nitrogen and oxygen atoms in total. The molecular weight excluding hydrogens is 176 g/mol. The minimum atomic E-state index is -0.494. The Balaban J connectivity index is 2.69. The van der Waals surface area contributed by atoms with E-state index in [1.54, 1.807) is 0 Å². The molecule has 0 radical (unpaired) electrons. The van der Waals surface area contributed by atoms with Gasteiger partial charge >= 0.3 is 0 Å². The van der Waals surface area contributed by atoms with Crippen LogP contribution in [0, 0.1) is 0 Å². The van der Waals surface area contributed by atoms with Gasteiger partial charge < -0.3 is 21.0 Å². The highest BCUT2D eigenvalue weighted by atomic mass is 16.4. The molecule has 7 heteroatoms. The molecule has 0 spiro atoms. The molecule has 1 amide bonds. The summed E-state index contributed by atoms with van der Waals surface area (Å²) in [6.45, 7) is 1.84. The summed E-state index contributed by atoms with van der Waals surface area (Å²) in [4.78, 5) is 12.1. The Morgan fingerprint density at radius 1 is 1.54 bits per heavy atom. The summed E-state index contributed by atoms with van der Waals surface area (Å²) in [5, 5.41) is 22.7. The molecule has 0 aromatic carbocycles. The highest BCUT2D eigenvalue weighted by Gasteiger charge is 2.42. The largest absolute Gasteiger partial charge is 0.411 e. The average molecular weight is 186 g/mol. The molecule has 1 saturated heterocycles.